The summed E-state index contributed by atoms with van der Waals surface area (Å²) in [6.07, 6.45) is -3.99. The van der Waals surface area contributed by atoms with Gasteiger partial charge in [-0.15, -0.1) is 0 Å². The van der Waals surface area contributed by atoms with Crippen LogP contribution in [-0.2, 0) is 42.7 Å². The first-order valence-electron chi connectivity index (χ1n) is 21.9. The van der Waals surface area contributed by atoms with Crippen molar-refractivity contribution in [2.75, 3.05) is 26.2 Å². The second-order valence-electron chi connectivity index (χ2n) is 19.7. The molecule has 5 fully saturated rings. The Morgan fingerprint density at radius 3 is 2.32 bits per heavy atom. The van der Waals surface area contributed by atoms with Crippen LogP contribution in [0.1, 0.15) is 103 Å². The molecular formula is C46H60N4O13. The van der Waals surface area contributed by atoms with Crippen molar-refractivity contribution in [3.05, 3.63) is 71.3 Å². The summed E-state index contributed by atoms with van der Waals surface area (Å²) >= 11 is 0. The van der Waals surface area contributed by atoms with Crippen molar-refractivity contribution in [3.63, 3.8) is 0 Å². The number of hydrogen-bond acceptors (Lipinski definition) is 16. The van der Waals surface area contributed by atoms with Crippen LogP contribution >= 0.6 is 0 Å². The molecule has 0 unspecified atom stereocenters. The molecule has 63 heavy (non-hydrogen) atoms. The maximum absolute atomic E-state index is 14.5. The van der Waals surface area contributed by atoms with E-state index in [2.05, 4.69) is 20.2 Å². The number of carbonyl (C=O) groups excluding carboxylic acids is 4. The van der Waals surface area contributed by atoms with Crippen LogP contribution in [0.5, 0.6) is 0 Å². The SMILES string of the molecule is CC(=O)O[C@@]12CO[C@@H]1CC[C@@]1(C)[C@@H]3O[C@H](CN4CCC4)O[C@@H]3C3=C(C)[C@@H](OC(=O)[C@H](O)[C@@H](NC(=O)OC(C)(C)C)c4ncccn4)C[C@@](O)([C@@H](OC(=O)c4ccccc4)[C@@H]12)C3(C)C. The van der Waals surface area contributed by atoms with E-state index >= 15 is 0 Å². The summed E-state index contributed by atoms with van der Waals surface area (Å²) in [6, 6.07) is 8.45. The van der Waals surface area contributed by atoms with Crippen molar-refractivity contribution >= 4 is 24.0 Å². The second kappa shape index (κ2) is 16.5. The predicted molar refractivity (Wildman–Crippen MR) is 221 cm³/mol. The molecule has 3 aliphatic heterocycles. The first kappa shape index (κ1) is 45.1. The number of aliphatic hydroxyl groups is 2. The molecular weight excluding hydrogens is 817 g/mol. The lowest BCUT2D eigenvalue weighted by Gasteiger charge is -2.68. The first-order chi connectivity index (χ1) is 29.7. The van der Waals surface area contributed by atoms with E-state index in [1.54, 1.807) is 64.1 Å². The smallest absolute Gasteiger partial charge is 0.408 e. The number of rotatable bonds is 10. The highest BCUT2D eigenvalue weighted by molar-refractivity contribution is 5.89. The normalized spacial score (nSPS) is 35.4. The topological polar surface area (TPSA) is 214 Å². The molecule has 6 aliphatic rings. The number of esters is 3. The Kier molecular flexibility index (Phi) is 11.8. The fraction of sp³-hybridized carbons (Fsp3) is 0.652. The van der Waals surface area contributed by atoms with Gasteiger partial charge >= 0.3 is 24.0 Å². The van der Waals surface area contributed by atoms with Crippen molar-refractivity contribution in [1.82, 2.24) is 20.2 Å². The number of aromatic nitrogens is 2. The highest BCUT2D eigenvalue weighted by atomic mass is 16.7. The molecule has 2 aromatic rings. The van der Waals surface area contributed by atoms with Crippen LogP contribution in [-0.4, -0.2) is 135 Å². The number of nitrogens with one attached hydrogen (secondary N) is 1. The van der Waals surface area contributed by atoms with Crippen LogP contribution in [0, 0.1) is 16.7 Å². The van der Waals surface area contributed by atoms with Gasteiger partial charge in [0.15, 0.2) is 23.8 Å². The van der Waals surface area contributed by atoms with E-state index in [1.165, 1.54) is 19.3 Å². The summed E-state index contributed by atoms with van der Waals surface area (Å²) in [5, 5.41) is 28.2. The van der Waals surface area contributed by atoms with Crippen molar-refractivity contribution in [2.45, 2.75) is 147 Å². The molecule has 8 rings (SSSR count). The standard InChI is InChI=1S/C46H60N4O13/c1-25-28(58-40(54)33(52)32(38-47-18-12-19-48-38)49-41(55)63-42(3,4)5)22-46(56)37(61-39(53)27-14-10-9-11-15-27)35-44(8,17-16-29-45(35,24-57-29)62-26(2)51)36-34(31(25)43(46,6)7)59-30(60-36)23-50-20-13-21-50/h9-12,14-15,18-19,28-30,32-37,52,56H,13,16-17,20-24H2,1-8H3,(H,49,55)/t28-,29+,30+,32+,33+,34+,35-,36+,37-,44+,45-,46+/m0/s1. The van der Waals surface area contributed by atoms with Gasteiger partial charge in [0.25, 0.3) is 0 Å². The predicted octanol–water partition coefficient (Wildman–Crippen LogP) is 3.96. The largest absolute Gasteiger partial charge is 0.456 e. The number of hydrogen-bond donors (Lipinski definition) is 3. The average molecular weight is 877 g/mol. The Labute approximate surface area is 367 Å². The summed E-state index contributed by atoms with van der Waals surface area (Å²) in [6.45, 7) is 16.1. The van der Waals surface area contributed by atoms with E-state index in [9.17, 15) is 29.4 Å². The van der Waals surface area contributed by atoms with Crippen LogP contribution in [0.25, 0.3) is 0 Å². The molecule has 1 aromatic carbocycles. The monoisotopic (exact) mass is 876 g/mol. The summed E-state index contributed by atoms with van der Waals surface area (Å²) in [5.74, 6) is -3.47. The molecule has 4 heterocycles. The molecule has 3 aliphatic carbocycles. The number of ether oxygens (including phenoxy) is 7. The van der Waals surface area contributed by atoms with Gasteiger partial charge in [-0.05, 0) is 89.4 Å². The molecule has 17 nitrogen and oxygen atoms in total. The summed E-state index contributed by atoms with van der Waals surface area (Å²) < 4.78 is 44.9. The van der Waals surface area contributed by atoms with Crippen LogP contribution in [0.15, 0.2) is 59.9 Å². The molecule has 3 N–H and O–H groups in total. The third-order valence-corrected chi connectivity index (χ3v) is 14.3. The highest BCUT2D eigenvalue weighted by Crippen LogP contribution is 2.66. The van der Waals surface area contributed by atoms with E-state index < -0.39 is 107 Å². The highest BCUT2D eigenvalue weighted by Gasteiger charge is 2.77. The minimum absolute atomic E-state index is 0.0250. The van der Waals surface area contributed by atoms with E-state index in [4.69, 9.17) is 33.2 Å². The molecule has 0 spiro atoms. The number of benzene rings is 1. The summed E-state index contributed by atoms with van der Waals surface area (Å²) in [7, 11) is 0. The van der Waals surface area contributed by atoms with Crippen molar-refractivity contribution in [1.29, 1.82) is 0 Å². The minimum atomic E-state index is -2.07. The Balaban J connectivity index is 1.26. The molecule has 342 valence electrons. The summed E-state index contributed by atoms with van der Waals surface area (Å²) in [4.78, 5) is 65.7. The third kappa shape index (κ3) is 7.92. The van der Waals surface area contributed by atoms with Gasteiger partial charge in [-0.25, -0.2) is 24.4 Å². The second-order valence-corrected chi connectivity index (χ2v) is 19.7. The van der Waals surface area contributed by atoms with Crippen LogP contribution in [0.2, 0.25) is 0 Å². The van der Waals surface area contributed by atoms with Gasteiger partial charge in [-0.2, -0.15) is 0 Å². The zero-order chi connectivity index (χ0) is 45.3. The van der Waals surface area contributed by atoms with E-state index in [1.807, 2.05) is 20.8 Å². The molecule has 2 bridgehead atoms. The molecule has 1 aromatic heterocycles. The zero-order valence-corrected chi connectivity index (χ0v) is 37.2. The number of amides is 1. The molecule has 0 radical (unpaired) electrons. The fourth-order valence-electron chi connectivity index (χ4n) is 11.1. The van der Waals surface area contributed by atoms with Gasteiger partial charge in [-0.3, -0.25) is 9.69 Å². The number of carbonyl (C=O) groups is 4. The lowest BCUT2D eigenvalue weighted by Crippen LogP contribution is -2.79. The number of fused-ring (bicyclic) bond motifs is 8. The Morgan fingerprint density at radius 2 is 1.71 bits per heavy atom. The number of alkyl carbamates (subject to hydrolysis) is 1. The Morgan fingerprint density at radius 1 is 1.02 bits per heavy atom. The fourth-order valence-corrected chi connectivity index (χ4v) is 11.1. The third-order valence-electron chi connectivity index (χ3n) is 14.3. The van der Waals surface area contributed by atoms with Gasteiger partial charge in [-0.1, -0.05) is 39.0 Å². The lowest BCUT2D eigenvalue weighted by atomic mass is 9.45. The first-order valence-corrected chi connectivity index (χ1v) is 21.9. The van der Waals surface area contributed by atoms with Crippen molar-refractivity contribution in [2.24, 2.45) is 16.7 Å². The molecule has 1 amide bonds. The Hall–Kier alpha value is -4.52. The molecule has 2 saturated carbocycles. The van der Waals surface area contributed by atoms with Gasteiger partial charge in [0, 0.05) is 43.1 Å². The number of nitrogens with zero attached hydrogens (tertiary/aromatic N) is 3. The van der Waals surface area contributed by atoms with Crippen LogP contribution in [0.3, 0.4) is 0 Å². The minimum Gasteiger partial charge on any atom is -0.456 e. The maximum atomic E-state index is 14.5. The van der Waals surface area contributed by atoms with Crippen LogP contribution in [0.4, 0.5) is 4.79 Å². The van der Waals surface area contributed by atoms with Gasteiger partial charge in [0.05, 0.1) is 24.2 Å². The van der Waals surface area contributed by atoms with E-state index in [0.717, 1.165) is 19.5 Å². The van der Waals surface area contributed by atoms with Gasteiger partial charge in [0.1, 0.15) is 41.7 Å². The van der Waals surface area contributed by atoms with Gasteiger partial charge < -0.3 is 48.7 Å². The number of likely N-dealkylation sites (tertiary alicyclic amines) is 1. The van der Waals surface area contributed by atoms with E-state index in [0.29, 0.717) is 30.5 Å². The molecule has 12 atom stereocenters. The lowest BCUT2D eigenvalue weighted by molar-refractivity contribution is -0.345. The molecule has 17 heteroatoms. The average Bonchev–Trinajstić information content (AvgIpc) is 3.62. The van der Waals surface area contributed by atoms with Crippen molar-refractivity contribution < 1.29 is 62.5 Å². The summed E-state index contributed by atoms with van der Waals surface area (Å²) in [5.41, 5.74) is -5.22. The van der Waals surface area contributed by atoms with Crippen molar-refractivity contribution in [3.8, 4) is 0 Å². The van der Waals surface area contributed by atoms with Gasteiger partial charge in [0.2, 0.25) is 0 Å². The van der Waals surface area contributed by atoms with E-state index in [-0.39, 0.29) is 24.4 Å². The molecule has 3 saturated heterocycles. The quantitative estimate of drug-likeness (QED) is 0.175. The zero-order valence-electron chi connectivity index (χ0n) is 37.2. The Bertz CT molecular complexity index is 2110. The number of aliphatic hydroxyl groups excluding tert-OH is 1. The van der Waals surface area contributed by atoms with Crippen LogP contribution < -0.4 is 5.32 Å². The maximum Gasteiger partial charge on any atom is 0.408 e.